The van der Waals surface area contributed by atoms with Crippen molar-refractivity contribution >= 4 is 5.78 Å². The molecule has 37 heavy (non-hydrogen) atoms. The lowest BCUT2D eigenvalue weighted by molar-refractivity contribution is 0.0197. The molecule has 2 aromatic rings. The van der Waals surface area contributed by atoms with E-state index in [0.717, 1.165) is 22.8 Å². The molecule has 1 heterocycles. The zero-order valence-corrected chi connectivity index (χ0v) is 22.0. The molecular formula is C30H36O7. The first kappa shape index (κ1) is 27.9. The van der Waals surface area contributed by atoms with Crippen LogP contribution in [0.1, 0.15) is 74.2 Å². The molecule has 7 nitrogen and oxygen atoms in total. The van der Waals surface area contributed by atoms with Crippen LogP contribution in [0.5, 0.6) is 28.7 Å². The SMILES string of the molecule is C=C(C)[C@@H](CC=C(C)C)Cc1c(O)c(CC=C(C)C)c(O)c2c1O[C@H](c1ccc(O)cc1O)[C@H](O)C2=O. The normalized spacial score (nSPS) is 17.4. The number of benzene rings is 2. The molecule has 0 aliphatic carbocycles. The van der Waals surface area contributed by atoms with E-state index < -0.39 is 23.7 Å². The number of ether oxygens (including phenoxy) is 1. The first-order valence-corrected chi connectivity index (χ1v) is 12.3. The second-order valence-corrected chi connectivity index (χ2v) is 10.2. The number of rotatable bonds is 8. The maximum Gasteiger partial charge on any atom is 0.202 e. The molecule has 0 aromatic heterocycles. The molecule has 1 aliphatic heterocycles. The zero-order valence-electron chi connectivity index (χ0n) is 22.0. The van der Waals surface area contributed by atoms with Gasteiger partial charge in [-0.3, -0.25) is 4.79 Å². The fourth-order valence-corrected chi connectivity index (χ4v) is 4.42. The van der Waals surface area contributed by atoms with Crippen LogP contribution in [0.2, 0.25) is 0 Å². The summed E-state index contributed by atoms with van der Waals surface area (Å²) in [7, 11) is 0. The predicted octanol–water partition coefficient (Wildman–Crippen LogP) is 5.79. The minimum atomic E-state index is -1.73. The van der Waals surface area contributed by atoms with Gasteiger partial charge < -0.3 is 30.3 Å². The molecule has 198 valence electrons. The Hall–Kier alpha value is -3.71. The van der Waals surface area contributed by atoms with Crippen LogP contribution in [0.15, 0.2) is 53.6 Å². The quantitative estimate of drug-likeness (QED) is 0.286. The summed E-state index contributed by atoms with van der Waals surface area (Å²) in [6.45, 7) is 13.8. The standard InChI is InChI=1S/C30H36O7/c1-15(2)7-9-18(17(5)6)13-22-25(33)21(11-8-16(3)4)26(34)24-27(35)28(36)30(37-29(22)24)20-12-10-19(31)14-23(20)32/h7-8,10,12,14,18,28,30-34,36H,5,9,11,13H2,1-4,6H3/t18-,28+,30+/m0/s1. The summed E-state index contributed by atoms with van der Waals surface area (Å²) in [6, 6.07) is 3.74. The Bertz CT molecular complexity index is 1280. The molecule has 0 radical (unpaired) electrons. The Morgan fingerprint density at radius 3 is 2.22 bits per heavy atom. The number of ketones is 1. The molecule has 0 fully saturated rings. The third-order valence-corrected chi connectivity index (χ3v) is 6.64. The van der Waals surface area contributed by atoms with E-state index in [2.05, 4.69) is 12.7 Å². The van der Waals surface area contributed by atoms with Crippen molar-refractivity contribution in [3.05, 3.63) is 75.9 Å². The number of fused-ring (bicyclic) bond motifs is 1. The van der Waals surface area contributed by atoms with Gasteiger partial charge in [0.15, 0.2) is 12.2 Å². The lowest BCUT2D eigenvalue weighted by atomic mass is 9.83. The number of aliphatic hydroxyl groups excluding tert-OH is 1. The van der Waals surface area contributed by atoms with E-state index in [1.165, 1.54) is 12.1 Å². The highest BCUT2D eigenvalue weighted by molar-refractivity contribution is 6.06. The van der Waals surface area contributed by atoms with Crippen molar-refractivity contribution in [3.63, 3.8) is 0 Å². The van der Waals surface area contributed by atoms with Gasteiger partial charge in [0.2, 0.25) is 5.78 Å². The van der Waals surface area contributed by atoms with Crippen LogP contribution in [0.3, 0.4) is 0 Å². The summed E-state index contributed by atoms with van der Waals surface area (Å²) in [6.07, 6.45) is 1.94. The van der Waals surface area contributed by atoms with Crippen LogP contribution in [0.25, 0.3) is 0 Å². The van der Waals surface area contributed by atoms with Gasteiger partial charge >= 0.3 is 0 Å². The summed E-state index contributed by atoms with van der Waals surface area (Å²) in [5, 5.41) is 53.4. The van der Waals surface area contributed by atoms with Crippen LogP contribution in [-0.2, 0) is 12.8 Å². The Labute approximate surface area is 217 Å². The average molecular weight is 509 g/mol. The minimum Gasteiger partial charge on any atom is -0.508 e. The van der Waals surface area contributed by atoms with Gasteiger partial charge in [0.25, 0.3) is 0 Å². The maximum absolute atomic E-state index is 13.4. The molecule has 2 aromatic carbocycles. The largest absolute Gasteiger partial charge is 0.508 e. The van der Waals surface area contributed by atoms with Crippen molar-refractivity contribution in [1.82, 2.24) is 0 Å². The van der Waals surface area contributed by atoms with Crippen molar-refractivity contribution in [3.8, 4) is 28.7 Å². The second-order valence-electron chi connectivity index (χ2n) is 10.2. The smallest absolute Gasteiger partial charge is 0.202 e. The highest BCUT2D eigenvalue weighted by Crippen LogP contribution is 2.50. The molecule has 0 unspecified atom stereocenters. The average Bonchev–Trinajstić information content (AvgIpc) is 2.80. The number of carbonyl (C=O) groups excluding carboxylic acids is 1. The van der Waals surface area contributed by atoms with Gasteiger partial charge in [-0.05, 0) is 71.9 Å². The number of phenolic OH excluding ortho intramolecular Hbond substituents is 4. The molecule has 0 amide bonds. The van der Waals surface area contributed by atoms with Crippen molar-refractivity contribution in [2.24, 2.45) is 5.92 Å². The van der Waals surface area contributed by atoms with Crippen molar-refractivity contribution in [2.45, 2.75) is 66.1 Å². The second kappa shape index (κ2) is 11.1. The van der Waals surface area contributed by atoms with E-state index in [-0.39, 0.29) is 58.4 Å². The highest BCUT2D eigenvalue weighted by Gasteiger charge is 2.43. The molecule has 1 aliphatic rings. The summed E-state index contributed by atoms with van der Waals surface area (Å²) >= 11 is 0. The number of carbonyl (C=O) groups is 1. The third kappa shape index (κ3) is 5.83. The fourth-order valence-electron chi connectivity index (χ4n) is 4.42. The van der Waals surface area contributed by atoms with Crippen LogP contribution >= 0.6 is 0 Å². The fraction of sp³-hybridized carbons (Fsp3) is 0.367. The van der Waals surface area contributed by atoms with E-state index in [1.807, 2.05) is 40.7 Å². The molecule has 0 saturated heterocycles. The molecule has 7 heteroatoms. The van der Waals surface area contributed by atoms with Gasteiger partial charge in [-0.25, -0.2) is 0 Å². The molecule has 3 rings (SSSR count). The molecular weight excluding hydrogens is 472 g/mol. The number of hydrogen-bond acceptors (Lipinski definition) is 7. The van der Waals surface area contributed by atoms with E-state index >= 15 is 0 Å². The lowest BCUT2D eigenvalue weighted by Gasteiger charge is -2.33. The summed E-state index contributed by atoms with van der Waals surface area (Å²) < 4.78 is 6.11. The van der Waals surface area contributed by atoms with Gasteiger partial charge in [-0.2, -0.15) is 0 Å². The van der Waals surface area contributed by atoms with Crippen LogP contribution < -0.4 is 4.74 Å². The molecule has 0 saturated carbocycles. The van der Waals surface area contributed by atoms with Gasteiger partial charge in [0.05, 0.1) is 0 Å². The molecule has 3 atom stereocenters. The monoisotopic (exact) mass is 508 g/mol. The van der Waals surface area contributed by atoms with Gasteiger partial charge in [0.1, 0.15) is 34.3 Å². The Morgan fingerprint density at radius 1 is 1.00 bits per heavy atom. The number of phenols is 4. The van der Waals surface area contributed by atoms with E-state index in [9.17, 15) is 30.3 Å². The number of Topliss-reactive ketones (excluding diaryl/α,β-unsaturated/α-hetero) is 1. The van der Waals surface area contributed by atoms with Crippen LogP contribution in [0.4, 0.5) is 0 Å². The van der Waals surface area contributed by atoms with Gasteiger partial charge in [-0.1, -0.05) is 35.5 Å². The summed E-state index contributed by atoms with van der Waals surface area (Å²) in [5.41, 5.74) is 3.35. The summed E-state index contributed by atoms with van der Waals surface area (Å²) in [5.74, 6) is -2.10. The minimum absolute atomic E-state index is 0.0350. The number of hydrogen-bond donors (Lipinski definition) is 5. The van der Waals surface area contributed by atoms with E-state index in [0.29, 0.717) is 12.0 Å². The molecule has 5 N–H and O–H groups in total. The van der Waals surface area contributed by atoms with Crippen LogP contribution in [0, 0.1) is 5.92 Å². The first-order chi connectivity index (χ1) is 17.3. The molecule has 0 spiro atoms. The van der Waals surface area contributed by atoms with Crippen molar-refractivity contribution in [2.75, 3.05) is 0 Å². The highest BCUT2D eigenvalue weighted by atomic mass is 16.5. The van der Waals surface area contributed by atoms with Crippen molar-refractivity contribution < 1.29 is 35.1 Å². The topological polar surface area (TPSA) is 127 Å². The van der Waals surface area contributed by atoms with E-state index in [1.54, 1.807) is 0 Å². The number of allylic oxidation sites excluding steroid dienone is 5. The van der Waals surface area contributed by atoms with Gasteiger partial charge in [-0.15, -0.1) is 0 Å². The zero-order chi connectivity index (χ0) is 27.6. The Balaban J connectivity index is 2.24. The van der Waals surface area contributed by atoms with Crippen molar-refractivity contribution in [1.29, 1.82) is 0 Å². The predicted molar refractivity (Wildman–Crippen MR) is 142 cm³/mol. The third-order valence-electron chi connectivity index (χ3n) is 6.64. The first-order valence-electron chi connectivity index (χ1n) is 12.3. The number of aliphatic hydroxyl groups is 1. The van der Waals surface area contributed by atoms with Crippen LogP contribution in [-0.4, -0.2) is 37.4 Å². The van der Waals surface area contributed by atoms with Gasteiger partial charge in [0, 0.05) is 22.8 Å². The van der Waals surface area contributed by atoms with E-state index in [4.69, 9.17) is 4.74 Å². The lowest BCUT2D eigenvalue weighted by Crippen LogP contribution is -2.37. The molecule has 0 bridgehead atoms. The summed E-state index contributed by atoms with van der Waals surface area (Å²) in [4.78, 5) is 13.4. The Kier molecular flexibility index (Phi) is 8.39. The maximum atomic E-state index is 13.4. The Morgan fingerprint density at radius 2 is 1.65 bits per heavy atom. The number of aromatic hydroxyl groups is 4.